The molecule has 190 valence electrons. The molecule has 0 saturated carbocycles. The Labute approximate surface area is 217 Å². The molecule has 0 bridgehead atoms. The van der Waals surface area contributed by atoms with Crippen LogP contribution in [-0.2, 0) is 13.0 Å². The van der Waals surface area contributed by atoms with Gasteiger partial charge in [-0.2, -0.15) is 4.98 Å². The van der Waals surface area contributed by atoms with Gasteiger partial charge in [-0.1, -0.05) is 68.4 Å². The second-order valence-electron chi connectivity index (χ2n) is 8.49. The van der Waals surface area contributed by atoms with E-state index in [-0.39, 0.29) is 12.6 Å². The number of fused-ring (bicyclic) bond motifs is 1. The number of rotatable bonds is 8. The van der Waals surface area contributed by atoms with Crippen LogP contribution in [0.15, 0.2) is 85.3 Å². The second kappa shape index (κ2) is 12.1. The molecule has 0 aliphatic carbocycles. The van der Waals surface area contributed by atoms with E-state index in [1.54, 1.807) is 12.4 Å². The number of hydrogen-bond acceptors (Lipinski definition) is 7. The number of imidazole rings is 1. The van der Waals surface area contributed by atoms with Crippen LogP contribution in [0.4, 0.5) is 17.7 Å². The quantitative estimate of drug-likeness (QED) is 0.293. The highest BCUT2D eigenvalue weighted by Gasteiger charge is 2.16. The van der Waals surface area contributed by atoms with Crippen molar-refractivity contribution in [1.29, 1.82) is 0 Å². The molecule has 0 saturated heterocycles. The predicted molar refractivity (Wildman–Crippen MR) is 149 cm³/mol. The van der Waals surface area contributed by atoms with E-state index < -0.39 is 0 Å². The fraction of sp³-hybridized carbons (Fsp3) is 0.241. The molecule has 3 aromatic heterocycles. The van der Waals surface area contributed by atoms with E-state index in [0.717, 1.165) is 34.5 Å². The maximum atomic E-state index is 9.39. The first kappa shape index (κ1) is 25.8. The molecule has 2 aromatic carbocycles. The van der Waals surface area contributed by atoms with Crippen LogP contribution in [0.2, 0.25) is 0 Å². The maximum Gasteiger partial charge on any atom is 0.224 e. The van der Waals surface area contributed by atoms with E-state index in [2.05, 4.69) is 28.3 Å². The summed E-state index contributed by atoms with van der Waals surface area (Å²) in [6.07, 6.45) is 6.19. The summed E-state index contributed by atoms with van der Waals surface area (Å²) >= 11 is 0. The lowest BCUT2D eigenvalue weighted by Crippen LogP contribution is -2.21. The van der Waals surface area contributed by atoms with Crippen molar-refractivity contribution in [3.63, 3.8) is 0 Å². The molecular weight excluding hydrogens is 462 g/mol. The summed E-state index contributed by atoms with van der Waals surface area (Å²) in [6.45, 7) is 6.13. The number of aliphatic hydroxyl groups excluding tert-OH is 1. The molecule has 3 heterocycles. The molecule has 2 N–H and O–H groups in total. The topological polar surface area (TPSA) is 91.5 Å². The van der Waals surface area contributed by atoms with Crippen molar-refractivity contribution < 1.29 is 5.11 Å². The lowest BCUT2D eigenvalue weighted by molar-refractivity contribution is 0.281. The molecule has 0 fully saturated rings. The van der Waals surface area contributed by atoms with Gasteiger partial charge in [0.05, 0.1) is 12.3 Å². The van der Waals surface area contributed by atoms with Gasteiger partial charge in [-0.15, -0.1) is 0 Å². The molecule has 1 atom stereocenters. The van der Waals surface area contributed by atoms with Crippen LogP contribution in [0.5, 0.6) is 0 Å². The first-order chi connectivity index (χ1) is 18.1. The third kappa shape index (κ3) is 6.10. The van der Waals surface area contributed by atoms with Gasteiger partial charge in [0.15, 0.2) is 0 Å². The molecule has 1 unspecified atom stereocenters. The zero-order valence-electron chi connectivity index (χ0n) is 21.7. The van der Waals surface area contributed by atoms with E-state index in [0.29, 0.717) is 17.7 Å². The molecule has 0 amide bonds. The number of nitrogens with one attached hydrogen (secondary N) is 1. The number of nitrogens with zero attached hydrogens (tertiary/aromatic N) is 6. The van der Waals surface area contributed by atoms with Gasteiger partial charge in [0.2, 0.25) is 11.9 Å². The number of aromatic nitrogens is 5. The lowest BCUT2D eigenvalue weighted by atomic mass is 10.0. The Hall–Kier alpha value is -4.30. The second-order valence-corrected chi connectivity index (χ2v) is 8.49. The molecule has 0 aliphatic heterocycles. The fourth-order valence-electron chi connectivity index (χ4n) is 4.09. The minimum Gasteiger partial charge on any atom is -0.392 e. The first-order valence-corrected chi connectivity index (χ1v) is 12.5. The summed E-state index contributed by atoms with van der Waals surface area (Å²) < 4.78 is 1.94. The monoisotopic (exact) mass is 495 g/mol. The molecule has 5 rings (SSSR count). The van der Waals surface area contributed by atoms with E-state index in [1.807, 2.05) is 97.1 Å². The van der Waals surface area contributed by atoms with Crippen LogP contribution < -0.4 is 10.2 Å². The summed E-state index contributed by atoms with van der Waals surface area (Å²) in [4.78, 5) is 20.5. The standard InChI is InChI=1S/C27H27N7O.C2H6/c1-19(15-20-7-6-8-21(16-20)18-35)30-26-29-12-11-24(32-26)33(2)27-31-23(22-9-4-3-5-10-22)17-25-28-13-14-34(25)27;1-2/h3-14,16-17,19,35H,15,18H2,1-2H3,(H,29,30,32);1-2H3. The molecule has 8 heteroatoms. The van der Waals surface area contributed by atoms with Crippen LogP contribution >= 0.6 is 0 Å². The Morgan fingerprint density at radius 2 is 1.70 bits per heavy atom. The van der Waals surface area contributed by atoms with Gasteiger partial charge >= 0.3 is 0 Å². The Morgan fingerprint density at radius 3 is 2.49 bits per heavy atom. The molecule has 0 aliphatic rings. The smallest absolute Gasteiger partial charge is 0.224 e. The van der Waals surface area contributed by atoms with Gasteiger partial charge in [0, 0.05) is 43.3 Å². The van der Waals surface area contributed by atoms with Crippen molar-refractivity contribution >= 4 is 23.4 Å². The van der Waals surface area contributed by atoms with Gasteiger partial charge in [-0.05, 0) is 30.5 Å². The number of anilines is 3. The Kier molecular flexibility index (Phi) is 8.43. The number of benzene rings is 2. The molecule has 0 spiro atoms. The van der Waals surface area contributed by atoms with E-state index in [9.17, 15) is 5.11 Å². The lowest BCUT2D eigenvalue weighted by Gasteiger charge is -2.20. The summed E-state index contributed by atoms with van der Waals surface area (Å²) in [5.41, 5.74) is 4.74. The van der Waals surface area contributed by atoms with Gasteiger partial charge in [0.1, 0.15) is 11.5 Å². The van der Waals surface area contributed by atoms with Gasteiger partial charge in [0.25, 0.3) is 0 Å². The number of hydrogen-bond donors (Lipinski definition) is 2. The summed E-state index contributed by atoms with van der Waals surface area (Å²) in [6, 6.07) is 22.0. The predicted octanol–water partition coefficient (Wildman–Crippen LogP) is 5.52. The molecule has 37 heavy (non-hydrogen) atoms. The zero-order valence-corrected chi connectivity index (χ0v) is 21.7. The average molecular weight is 496 g/mol. The van der Waals surface area contributed by atoms with Crippen molar-refractivity contribution in [2.75, 3.05) is 17.3 Å². The van der Waals surface area contributed by atoms with Crippen LogP contribution in [0, 0.1) is 0 Å². The van der Waals surface area contributed by atoms with Crippen molar-refractivity contribution in [2.24, 2.45) is 0 Å². The first-order valence-electron chi connectivity index (χ1n) is 12.5. The summed E-state index contributed by atoms with van der Waals surface area (Å²) in [5.74, 6) is 1.96. The SMILES string of the molecule is CC.CC(Cc1cccc(CO)c1)Nc1nccc(N(C)c2nc(-c3ccccc3)cc3nccn23)n1. The Balaban J connectivity index is 0.00000156. The van der Waals surface area contributed by atoms with Gasteiger partial charge < -0.3 is 10.4 Å². The van der Waals surface area contributed by atoms with E-state index in [1.165, 1.54) is 0 Å². The Morgan fingerprint density at radius 1 is 0.919 bits per heavy atom. The van der Waals surface area contributed by atoms with E-state index >= 15 is 0 Å². The highest BCUT2D eigenvalue weighted by Crippen LogP contribution is 2.26. The van der Waals surface area contributed by atoms with Crippen LogP contribution in [0.1, 0.15) is 31.9 Å². The minimum absolute atomic E-state index is 0.0385. The van der Waals surface area contributed by atoms with E-state index in [4.69, 9.17) is 9.97 Å². The Bertz CT molecular complexity index is 1430. The average Bonchev–Trinajstić information content (AvgIpc) is 3.43. The van der Waals surface area contributed by atoms with Crippen molar-refractivity contribution in [3.8, 4) is 11.3 Å². The van der Waals surface area contributed by atoms with Crippen molar-refractivity contribution in [1.82, 2.24) is 24.3 Å². The fourth-order valence-corrected chi connectivity index (χ4v) is 4.09. The van der Waals surface area contributed by atoms with Crippen LogP contribution in [0.3, 0.4) is 0 Å². The zero-order chi connectivity index (χ0) is 26.2. The van der Waals surface area contributed by atoms with Gasteiger partial charge in [-0.25, -0.2) is 15.0 Å². The summed E-state index contributed by atoms with van der Waals surface area (Å²) in [7, 11) is 1.94. The maximum absolute atomic E-state index is 9.39. The van der Waals surface area contributed by atoms with Crippen molar-refractivity contribution in [3.05, 3.63) is 96.4 Å². The minimum atomic E-state index is 0.0385. The molecular formula is C29H33N7O. The third-order valence-corrected chi connectivity index (χ3v) is 5.82. The summed E-state index contributed by atoms with van der Waals surface area (Å²) in [5, 5.41) is 12.8. The molecule has 0 radical (unpaired) electrons. The molecule has 8 nitrogen and oxygen atoms in total. The van der Waals surface area contributed by atoms with Crippen LogP contribution in [0.25, 0.3) is 16.9 Å². The third-order valence-electron chi connectivity index (χ3n) is 5.82. The highest BCUT2D eigenvalue weighted by molar-refractivity contribution is 5.68. The highest BCUT2D eigenvalue weighted by atomic mass is 16.3. The van der Waals surface area contributed by atoms with Gasteiger partial charge in [-0.3, -0.25) is 9.30 Å². The van der Waals surface area contributed by atoms with Crippen molar-refractivity contribution in [2.45, 2.75) is 39.8 Å². The number of aliphatic hydroxyl groups is 1. The molecule has 5 aromatic rings. The van der Waals surface area contributed by atoms with Crippen LogP contribution in [-0.4, -0.2) is 42.5 Å². The normalized spacial score (nSPS) is 11.5. The largest absolute Gasteiger partial charge is 0.392 e.